The smallest absolute Gasteiger partial charge is 0.273 e. The van der Waals surface area contributed by atoms with Crippen LogP contribution in [0.4, 0.5) is 0 Å². The van der Waals surface area contributed by atoms with Crippen molar-refractivity contribution in [3.63, 3.8) is 0 Å². The molecule has 1 saturated heterocycles. The third-order valence-electron chi connectivity index (χ3n) is 5.83. The van der Waals surface area contributed by atoms with Crippen molar-refractivity contribution in [1.29, 1.82) is 0 Å². The minimum absolute atomic E-state index is 0.0870. The second-order valence-corrected chi connectivity index (χ2v) is 8.00. The van der Waals surface area contributed by atoms with Crippen LogP contribution in [0.15, 0.2) is 36.5 Å². The van der Waals surface area contributed by atoms with Crippen LogP contribution in [-0.2, 0) is 0 Å². The average Bonchev–Trinajstić information content (AvgIpc) is 3.38. The molecule has 1 saturated carbocycles. The minimum atomic E-state index is -0.0870. The van der Waals surface area contributed by atoms with Crippen LogP contribution in [0.25, 0.3) is 0 Å². The molecule has 27 heavy (non-hydrogen) atoms. The molecule has 1 aromatic carbocycles. The monoisotopic (exact) mass is 367 g/mol. The number of amides is 1. The fourth-order valence-electron chi connectivity index (χ4n) is 3.78. The van der Waals surface area contributed by atoms with Gasteiger partial charge in [0.1, 0.15) is 0 Å². The largest absolute Gasteiger partial charge is 0.348 e. The van der Waals surface area contributed by atoms with E-state index in [1.807, 2.05) is 10.9 Å². The zero-order chi connectivity index (χ0) is 18.6. The molecular formula is C21H29N5O. The number of nitrogens with one attached hydrogen (secondary N) is 1. The van der Waals surface area contributed by atoms with Crippen molar-refractivity contribution in [2.75, 3.05) is 19.6 Å². The lowest BCUT2D eigenvalue weighted by molar-refractivity contribution is 0.0946. The van der Waals surface area contributed by atoms with Gasteiger partial charge >= 0.3 is 0 Å². The van der Waals surface area contributed by atoms with Gasteiger partial charge in [0, 0.05) is 19.1 Å². The molecule has 1 aliphatic carbocycles. The molecule has 0 radical (unpaired) electrons. The van der Waals surface area contributed by atoms with Crippen molar-refractivity contribution in [3.8, 4) is 0 Å². The Morgan fingerprint density at radius 1 is 1.19 bits per heavy atom. The number of aromatic nitrogens is 3. The predicted molar refractivity (Wildman–Crippen MR) is 105 cm³/mol. The van der Waals surface area contributed by atoms with Crippen molar-refractivity contribution < 1.29 is 4.79 Å². The molecule has 144 valence electrons. The normalized spacial score (nSPS) is 19.7. The second-order valence-electron chi connectivity index (χ2n) is 8.00. The summed E-state index contributed by atoms with van der Waals surface area (Å²) in [6, 6.07) is 11.5. The molecule has 1 amide bonds. The van der Waals surface area contributed by atoms with Crippen LogP contribution in [0.3, 0.4) is 0 Å². The number of hydrogen-bond donors (Lipinski definition) is 1. The van der Waals surface area contributed by atoms with Crippen molar-refractivity contribution >= 4 is 5.91 Å². The number of likely N-dealkylation sites (tertiary alicyclic amines) is 1. The Hall–Kier alpha value is -2.21. The van der Waals surface area contributed by atoms with Crippen LogP contribution in [0.1, 0.15) is 67.0 Å². The fourth-order valence-corrected chi connectivity index (χ4v) is 3.78. The highest BCUT2D eigenvalue weighted by Crippen LogP contribution is 2.24. The maximum absolute atomic E-state index is 12.1. The van der Waals surface area contributed by atoms with Gasteiger partial charge < -0.3 is 10.2 Å². The van der Waals surface area contributed by atoms with Gasteiger partial charge in [-0.15, -0.1) is 5.10 Å². The van der Waals surface area contributed by atoms with Gasteiger partial charge in [-0.2, -0.15) is 0 Å². The summed E-state index contributed by atoms with van der Waals surface area (Å²) in [5, 5.41) is 11.3. The highest BCUT2D eigenvalue weighted by Gasteiger charge is 2.26. The van der Waals surface area contributed by atoms with Gasteiger partial charge in [-0.05, 0) is 50.1 Å². The molecule has 2 aromatic rings. The molecule has 0 unspecified atom stereocenters. The summed E-state index contributed by atoms with van der Waals surface area (Å²) in [5.74, 6) is 0.503. The molecule has 0 spiro atoms. The van der Waals surface area contributed by atoms with Gasteiger partial charge in [0.2, 0.25) is 0 Å². The SMILES string of the molecule is C[C@H](CCN1CCC(n2cc(C(=O)NC3CC3)nn2)CC1)c1ccccc1. The van der Waals surface area contributed by atoms with Crippen LogP contribution in [0.2, 0.25) is 0 Å². The Balaban J connectivity index is 1.23. The Morgan fingerprint density at radius 2 is 1.93 bits per heavy atom. The second kappa shape index (κ2) is 8.21. The van der Waals surface area contributed by atoms with Crippen molar-refractivity contribution in [2.24, 2.45) is 0 Å². The van der Waals surface area contributed by atoms with Crippen molar-refractivity contribution in [1.82, 2.24) is 25.2 Å². The number of carbonyl (C=O) groups excluding carboxylic acids is 1. The Labute approximate surface area is 160 Å². The molecule has 4 rings (SSSR count). The van der Waals surface area contributed by atoms with E-state index in [4.69, 9.17) is 0 Å². The molecular weight excluding hydrogens is 338 g/mol. The maximum Gasteiger partial charge on any atom is 0.273 e. The molecule has 0 bridgehead atoms. The first kappa shape index (κ1) is 18.2. The molecule has 1 aromatic heterocycles. The first-order chi connectivity index (χ1) is 13.2. The van der Waals surface area contributed by atoms with E-state index in [1.54, 1.807) is 0 Å². The lowest BCUT2D eigenvalue weighted by Crippen LogP contribution is -2.35. The van der Waals surface area contributed by atoms with E-state index >= 15 is 0 Å². The van der Waals surface area contributed by atoms with Crippen LogP contribution >= 0.6 is 0 Å². The number of hydrogen-bond acceptors (Lipinski definition) is 4. The van der Waals surface area contributed by atoms with E-state index in [1.165, 1.54) is 12.0 Å². The molecule has 2 fully saturated rings. The number of rotatable bonds is 7. The molecule has 2 heterocycles. The molecule has 1 atom stereocenters. The van der Waals surface area contributed by atoms with E-state index in [2.05, 4.69) is 57.8 Å². The summed E-state index contributed by atoms with van der Waals surface area (Å²) >= 11 is 0. The summed E-state index contributed by atoms with van der Waals surface area (Å²) < 4.78 is 1.89. The third kappa shape index (κ3) is 4.75. The van der Waals surface area contributed by atoms with Gasteiger partial charge in [0.05, 0.1) is 12.2 Å². The third-order valence-corrected chi connectivity index (χ3v) is 5.83. The maximum atomic E-state index is 12.1. The summed E-state index contributed by atoms with van der Waals surface area (Å²) in [4.78, 5) is 14.6. The van der Waals surface area contributed by atoms with Gasteiger partial charge in [0.15, 0.2) is 5.69 Å². The van der Waals surface area contributed by atoms with Crippen LogP contribution in [0, 0.1) is 0 Å². The average molecular weight is 367 g/mol. The lowest BCUT2D eigenvalue weighted by atomic mass is 9.97. The summed E-state index contributed by atoms with van der Waals surface area (Å²) in [6.45, 7) is 5.60. The molecule has 6 nitrogen and oxygen atoms in total. The van der Waals surface area contributed by atoms with E-state index in [0.717, 1.165) is 45.3 Å². The predicted octanol–water partition coefficient (Wildman–Crippen LogP) is 3.00. The van der Waals surface area contributed by atoms with E-state index in [0.29, 0.717) is 23.7 Å². The van der Waals surface area contributed by atoms with Gasteiger partial charge in [-0.3, -0.25) is 4.79 Å². The summed E-state index contributed by atoms with van der Waals surface area (Å²) in [6.07, 6.45) is 7.29. The van der Waals surface area contributed by atoms with Crippen LogP contribution in [0.5, 0.6) is 0 Å². The van der Waals surface area contributed by atoms with Crippen LogP contribution < -0.4 is 5.32 Å². The Morgan fingerprint density at radius 3 is 2.63 bits per heavy atom. The molecule has 1 N–H and O–H groups in total. The first-order valence-corrected chi connectivity index (χ1v) is 10.2. The first-order valence-electron chi connectivity index (χ1n) is 10.2. The number of benzene rings is 1. The van der Waals surface area contributed by atoms with Gasteiger partial charge in [0.25, 0.3) is 5.91 Å². The van der Waals surface area contributed by atoms with Gasteiger partial charge in [-0.25, -0.2) is 4.68 Å². The topological polar surface area (TPSA) is 63.1 Å². The molecule has 6 heteroatoms. The van der Waals surface area contributed by atoms with E-state index in [9.17, 15) is 4.79 Å². The summed E-state index contributed by atoms with van der Waals surface area (Å²) in [5.41, 5.74) is 1.87. The van der Waals surface area contributed by atoms with Gasteiger partial charge in [-0.1, -0.05) is 42.5 Å². The van der Waals surface area contributed by atoms with Crippen molar-refractivity contribution in [2.45, 2.75) is 57.0 Å². The highest BCUT2D eigenvalue weighted by atomic mass is 16.2. The summed E-state index contributed by atoms with van der Waals surface area (Å²) in [7, 11) is 0. The number of carbonyl (C=O) groups is 1. The van der Waals surface area contributed by atoms with Crippen LogP contribution in [-0.4, -0.2) is 51.5 Å². The zero-order valence-electron chi connectivity index (χ0n) is 16.1. The van der Waals surface area contributed by atoms with E-state index in [-0.39, 0.29) is 5.91 Å². The van der Waals surface area contributed by atoms with Crippen molar-refractivity contribution in [3.05, 3.63) is 47.8 Å². The molecule has 1 aliphatic heterocycles. The minimum Gasteiger partial charge on any atom is -0.348 e. The van der Waals surface area contributed by atoms with E-state index < -0.39 is 0 Å². The zero-order valence-corrected chi connectivity index (χ0v) is 16.1. The highest BCUT2D eigenvalue weighted by molar-refractivity contribution is 5.92. The Kier molecular flexibility index (Phi) is 5.53. The number of piperidine rings is 1. The fraction of sp³-hybridized carbons (Fsp3) is 0.571. The lowest BCUT2D eigenvalue weighted by Gasteiger charge is -2.32. The Bertz CT molecular complexity index is 747. The molecule has 2 aliphatic rings. The number of nitrogens with zero attached hydrogens (tertiary/aromatic N) is 4. The quantitative estimate of drug-likeness (QED) is 0.817. The standard InChI is InChI=1S/C21H29N5O/c1-16(17-5-3-2-4-6-17)9-12-25-13-10-19(11-14-25)26-15-20(23-24-26)21(27)22-18-7-8-18/h2-6,15-16,18-19H,7-14H2,1H3,(H,22,27)/t16-/m1/s1.